The highest BCUT2D eigenvalue weighted by molar-refractivity contribution is 14.0. The van der Waals surface area contributed by atoms with Crippen molar-refractivity contribution in [1.82, 2.24) is 20.5 Å². The SMILES string of the molecule is CCC(=O)N1CCC(NC(=NC)NCCc2sc(C)nc2C)C1.I. The van der Waals surface area contributed by atoms with E-state index in [0.29, 0.717) is 6.42 Å². The molecule has 1 aromatic heterocycles. The number of thiazole rings is 1. The van der Waals surface area contributed by atoms with Crippen LogP contribution in [0.1, 0.15) is 35.3 Å². The van der Waals surface area contributed by atoms with Crippen LogP contribution in [-0.2, 0) is 11.2 Å². The maximum atomic E-state index is 11.7. The Bertz CT molecular complexity index is 575. The van der Waals surface area contributed by atoms with Crippen molar-refractivity contribution in [3.63, 3.8) is 0 Å². The van der Waals surface area contributed by atoms with Gasteiger partial charge in [-0.25, -0.2) is 4.98 Å². The fraction of sp³-hybridized carbons (Fsp3) is 0.688. The van der Waals surface area contributed by atoms with E-state index < -0.39 is 0 Å². The van der Waals surface area contributed by atoms with Gasteiger partial charge in [-0.05, 0) is 20.3 Å². The van der Waals surface area contributed by atoms with Crippen LogP contribution in [-0.4, -0.2) is 54.5 Å². The number of likely N-dealkylation sites (tertiary alicyclic amines) is 1. The monoisotopic (exact) mass is 465 g/mol. The Morgan fingerprint density at radius 3 is 2.79 bits per heavy atom. The van der Waals surface area contributed by atoms with Crippen molar-refractivity contribution in [2.24, 2.45) is 4.99 Å². The number of aromatic nitrogens is 1. The highest BCUT2D eigenvalue weighted by Gasteiger charge is 2.25. The number of carbonyl (C=O) groups is 1. The minimum Gasteiger partial charge on any atom is -0.356 e. The highest BCUT2D eigenvalue weighted by Crippen LogP contribution is 2.17. The molecule has 6 nitrogen and oxygen atoms in total. The maximum absolute atomic E-state index is 11.7. The molecular formula is C16H28IN5OS. The summed E-state index contributed by atoms with van der Waals surface area (Å²) in [4.78, 5) is 23.7. The van der Waals surface area contributed by atoms with E-state index in [1.165, 1.54) is 4.88 Å². The van der Waals surface area contributed by atoms with Crippen LogP contribution < -0.4 is 10.6 Å². The summed E-state index contributed by atoms with van der Waals surface area (Å²) < 4.78 is 0. The molecule has 0 saturated carbocycles. The molecular weight excluding hydrogens is 437 g/mol. The Labute approximate surface area is 165 Å². The summed E-state index contributed by atoms with van der Waals surface area (Å²) in [5.41, 5.74) is 1.13. The summed E-state index contributed by atoms with van der Waals surface area (Å²) >= 11 is 1.76. The minimum atomic E-state index is 0. The molecule has 1 amide bonds. The minimum absolute atomic E-state index is 0. The van der Waals surface area contributed by atoms with Gasteiger partial charge < -0.3 is 15.5 Å². The molecule has 0 bridgehead atoms. The Balaban J connectivity index is 0.00000288. The van der Waals surface area contributed by atoms with Gasteiger partial charge in [0.25, 0.3) is 0 Å². The van der Waals surface area contributed by atoms with Gasteiger partial charge in [0, 0.05) is 50.4 Å². The number of aryl methyl sites for hydroxylation is 2. The number of hydrogen-bond acceptors (Lipinski definition) is 4. The van der Waals surface area contributed by atoms with Gasteiger partial charge in [-0.3, -0.25) is 9.79 Å². The Morgan fingerprint density at radius 2 is 2.21 bits per heavy atom. The molecule has 1 atom stereocenters. The number of aliphatic imine (C=N–C) groups is 1. The molecule has 1 aliphatic rings. The summed E-state index contributed by atoms with van der Waals surface area (Å²) in [7, 11) is 1.78. The van der Waals surface area contributed by atoms with E-state index in [0.717, 1.165) is 49.1 Å². The number of nitrogens with one attached hydrogen (secondary N) is 2. The molecule has 24 heavy (non-hydrogen) atoms. The normalized spacial score (nSPS) is 17.6. The number of hydrogen-bond donors (Lipinski definition) is 2. The molecule has 2 heterocycles. The van der Waals surface area contributed by atoms with Gasteiger partial charge in [-0.2, -0.15) is 0 Å². The quantitative estimate of drug-likeness (QED) is 0.397. The van der Waals surface area contributed by atoms with Crippen LogP contribution in [0.5, 0.6) is 0 Å². The number of nitrogens with zero attached hydrogens (tertiary/aromatic N) is 3. The summed E-state index contributed by atoms with van der Waals surface area (Å²) in [6.45, 7) is 8.43. The predicted molar refractivity (Wildman–Crippen MR) is 110 cm³/mol. The lowest BCUT2D eigenvalue weighted by molar-refractivity contribution is -0.129. The topological polar surface area (TPSA) is 69.6 Å². The first-order valence-corrected chi connectivity index (χ1v) is 9.03. The van der Waals surface area contributed by atoms with Crippen molar-refractivity contribution in [2.45, 2.75) is 46.1 Å². The fourth-order valence-electron chi connectivity index (χ4n) is 2.82. The number of amides is 1. The summed E-state index contributed by atoms with van der Waals surface area (Å²) in [6.07, 6.45) is 2.50. The van der Waals surface area contributed by atoms with Gasteiger partial charge in [0.05, 0.1) is 10.7 Å². The maximum Gasteiger partial charge on any atom is 0.222 e. The summed E-state index contributed by atoms with van der Waals surface area (Å²) in [5.74, 6) is 1.04. The van der Waals surface area contributed by atoms with Gasteiger partial charge in [-0.1, -0.05) is 6.92 Å². The molecule has 1 aromatic rings. The molecule has 1 unspecified atom stereocenters. The molecule has 2 rings (SSSR count). The molecule has 8 heteroatoms. The standard InChI is InChI=1S/C16H27N5OS.HI/c1-5-15(22)21-9-7-13(10-21)20-16(17-4)18-8-6-14-11(2)19-12(3)23-14;/h13H,5-10H2,1-4H3,(H2,17,18,20);1H. The summed E-state index contributed by atoms with van der Waals surface area (Å²) in [6, 6.07) is 0.282. The molecule has 2 N–H and O–H groups in total. The van der Waals surface area contributed by atoms with Crippen molar-refractivity contribution in [2.75, 3.05) is 26.7 Å². The van der Waals surface area contributed by atoms with Gasteiger partial charge in [0.15, 0.2) is 5.96 Å². The smallest absolute Gasteiger partial charge is 0.222 e. The van der Waals surface area contributed by atoms with E-state index in [4.69, 9.17) is 0 Å². The second-order valence-electron chi connectivity index (χ2n) is 5.81. The molecule has 0 aromatic carbocycles. The van der Waals surface area contributed by atoms with Crippen LogP contribution in [0, 0.1) is 13.8 Å². The van der Waals surface area contributed by atoms with Crippen molar-refractivity contribution < 1.29 is 4.79 Å². The second kappa shape index (κ2) is 10.2. The third kappa shape index (κ3) is 5.87. The number of carbonyl (C=O) groups excluding carboxylic acids is 1. The van der Waals surface area contributed by atoms with Crippen LogP contribution in [0.4, 0.5) is 0 Å². The molecule has 0 aliphatic carbocycles. The molecule has 1 saturated heterocycles. The average Bonchev–Trinajstić information content (AvgIpc) is 3.12. The highest BCUT2D eigenvalue weighted by atomic mass is 127. The lowest BCUT2D eigenvalue weighted by Crippen LogP contribution is -2.45. The van der Waals surface area contributed by atoms with Crippen molar-refractivity contribution in [1.29, 1.82) is 0 Å². The van der Waals surface area contributed by atoms with Crippen LogP contribution >= 0.6 is 35.3 Å². The first-order valence-electron chi connectivity index (χ1n) is 8.21. The number of halogens is 1. The zero-order valence-electron chi connectivity index (χ0n) is 14.9. The third-order valence-electron chi connectivity index (χ3n) is 4.05. The predicted octanol–water partition coefficient (Wildman–Crippen LogP) is 2.10. The first-order chi connectivity index (χ1) is 11.0. The Kier molecular flexibility index (Phi) is 8.96. The van der Waals surface area contributed by atoms with Crippen LogP contribution in [0.15, 0.2) is 4.99 Å². The van der Waals surface area contributed by atoms with Crippen LogP contribution in [0.3, 0.4) is 0 Å². The Morgan fingerprint density at radius 1 is 1.46 bits per heavy atom. The van der Waals surface area contributed by atoms with E-state index in [1.54, 1.807) is 18.4 Å². The molecule has 0 spiro atoms. The third-order valence-corrected chi connectivity index (χ3v) is 5.18. The zero-order chi connectivity index (χ0) is 16.8. The van der Waals surface area contributed by atoms with Gasteiger partial charge >= 0.3 is 0 Å². The zero-order valence-corrected chi connectivity index (χ0v) is 18.0. The van der Waals surface area contributed by atoms with E-state index >= 15 is 0 Å². The van der Waals surface area contributed by atoms with Gasteiger partial charge in [0.1, 0.15) is 0 Å². The molecule has 136 valence electrons. The fourth-order valence-corrected chi connectivity index (χ4v) is 3.75. The second-order valence-corrected chi connectivity index (χ2v) is 7.10. The van der Waals surface area contributed by atoms with Crippen molar-refractivity contribution in [3.05, 3.63) is 15.6 Å². The van der Waals surface area contributed by atoms with Crippen LogP contribution in [0.2, 0.25) is 0 Å². The largest absolute Gasteiger partial charge is 0.356 e. The lowest BCUT2D eigenvalue weighted by atomic mass is 10.2. The van der Waals surface area contributed by atoms with Crippen molar-refractivity contribution >= 4 is 47.2 Å². The van der Waals surface area contributed by atoms with E-state index in [-0.39, 0.29) is 35.9 Å². The van der Waals surface area contributed by atoms with Gasteiger partial charge in [-0.15, -0.1) is 35.3 Å². The van der Waals surface area contributed by atoms with E-state index in [1.807, 2.05) is 18.7 Å². The van der Waals surface area contributed by atoms with Gasteiger partial charge in [0.2, 0.25) is 5.91 Å². The number of rotatable bonds is 5. The molecule has 1 aliphatic heterocycles. The van der Waals surface area contributed by atoms with E-state index in [9.17, 15) is 4.79 Å². The molecule has 0 radical (unpaired) electrons. The molecule has 1 fully saturated rings. The Hall–Kier alpha value is -0.900. The summed E-state index contributed by atoms with van der Waals surface area (Å²) in [5, 5.41) is 7.88. The van der Waals surface area contributed by atoms with Crippen LogP contribution in [0.25, 0.3) is 0 Å². The van der Waals surface area contributed by atoms with Crippen molar-refractivity contribution in [3.8, 4) is 0 Å². The first kappa shape index (κ1) is 21.1. The average molecular weight is 465 g/mol. The number of guanidine groups is 1. The van der Waals surface area contributed by atoms with E-state index in [2.05, 4.69) is 27.5 Å². The lowest BCUT2D eigenvalue weighted by Gasteiger charge is -2.18.